The summed E-state index contributed by atoms with van der Waals surface area (Å²) in [4.78, 5) is 0. The Hall–Kier alpha value is -0.510. The van der Waals surface area contributed by atoms with Gasteiger partial charge in [0.2, 0.25) is 0 Å². The van der Waals surface area contributed by atoms with Crippen LogP contribution in [0.2, 0.25) is 10.2 Å². The highest BCUT2D eigenvalue weighted by Gasteiger charge is 2.04. The Balaban J connectivity index is 2.53. The fourth-order valence-electron chi connectivity index (χ4n) is 1.09. The van der Waals surface area contributed by atoms with Gasteiger partial charge >= 0.3 is 0 Å². The molecule has 0 fully saturated rings. The van der Waals surface area contributed by atoms with Crippen molar-refractivity contribution in [3.8, 4) is 5.69 Å². The molecule has 0 atom stereocenters. The largest absolute Gasteiger partial charge is 0.222 e. The predicted molar refractivity (Wildman–Crippen MR) is 61.3 cm³/mol. The highest BCUT2D eigenvalue weighted by Crippen LogP contribution is 2.25. The highest BCUT2D eigenvalue weighted by molar-refractivity contribution is 9.10. The maximum absolute atomic E-state index is 5.95. The van der Waals surface area contributed by atoms with E-state index in [1.165, 1.54) is 0 Å². The molecule has 2 aromatic rings. The van der Waals surface area contributed by atoms with E-state index in [0.29, 0.717) is 10.2 Å². The summed E-state index contributed by atoms with van der Waals surface area (Å²) in [6.45, 7) is 0. The molecule has 2 nitrogen and oxygen atoms in total. The van der Waals surface area contributed by atoms with Crippen LogP contribution in [-0.2, 0) is 0 Å². The summed E-state index contributed by atoms with van der Waals surface area (Å²) in [5.74, 6) is 0. The third-order valence-corrected chi connectivity index (χ3v) is 3.26. The molecule has 0 radical (unpaired) electrons. The van der Waals surface area contributed by atoms with E-state index in [-0.39, 0.29) is 0 Å². The maximum Gasteiger partial charge on any atom is 0.132 e. The third-order valence-electron chi connectivity index (χ3n) is 1.74. The van der Waals surface area contributed by atoms with Gasteiger partial charge in [-0.15, -0.1) is 0 Å². The van der Waals surface area contributed by atoms with Crippen molar-refractivity contribution in [1.29, 1.82) is 0 Å². The number of aromatic nitrogens is 2. The molecule has 0 bridgehead atoms. The number of rotatable bonds is 1. The number of benzene rings is 1. The highest BCUT2D eigenvalue weighted by atomic mass is 79.9. The summed E-state index contributed by atoms with van der Waals surface area (Å²) in [5, 5.41) is 5.26. The molecule has 1 heterocycles. The van der Waals surface area contributed by atoms with Crippen LogP contribution >= 0.6 is 39.1 Å². The van der Waals surface area contributed by atoms with Crippen LogP contribution in [0.4, 0.5) is 0 Å². The van der Waals surface area contributed by atoms with Crippen molar-refractivity contribution >= 4 is 39.1 Å². The van der Waals surface area contributed by atoms with Crippen LogP contribution in [0.25, 0.3) is 5.69 Å². The Morgan fingerprint density at radius 2 is 2.00 bits per heavy atom. The van der Waals surface area contributed by atoms with Crippen LogP contribution in [-0.4, -0.2) is 9.78 Å². The molecule has 5 heteroatoms. The van der Waals surface area contributed by atoms with Crippen LogP contribution in [0.3, 0.4) is 0 Å². The van der Waals surface area contributed by atoms with Gasteiger partial charge in [0.05, 0.1) is 16.9 Å². The molecule has 0 aliphatic heterocycles. The van der Waals surface area contributed by atoms with E-state index in [0.717, 1.165) is 10.2 Å². The van der Waals surface area contributed by atoms with Crippen LogP contribution in [0.1, 0.15) is 0 Å². The van der Waals surface area contributed by atoms with Crippen molar-refractivity contribution in [2.45, 2.75) is 0 Å². The molecular weight excluding hydrogens is 287 g/mol. The second-order valence-electron chi connectivity index (χ2n) is 2.66. The van der Waals surface area contributed by atoms with Crippen molar-refractivity contribution in [2.24, 2.45) is 0 Å². The molecule has 0 aliphatic rings. The summed E-state index contributed by atoms with van der Waals surface area (Å²) < 4.78 is 2.46. The topological polar surface area (TPSA) is 17.8 Å². The SMILES string of the molecule is Clc1cc(-n2nccc2Cl)ccc1Br. The van der Waals surface area contributed by atoms with Crippen molar-refractivity contribution in [1.82, 2.24) is 9.78 Å². The molecule has 0 amide bonds. The summed E-state index contributed by atoms with van der Waals surface area (Å²) in [6, 6.07) is 7.26. The molecule has 0 saturated carbocycles. The molecule has 1 aromatic heterocycles. The van der Waals surface area contributed by atoms with E-state index in [1.807, 2.05) is 12.1 Å². The number of halogens is 3. The van der Waals surface area contributed by atoms with Gasteiger partial charge in [0.15, 0.2) is 0 Å². The van der Waals surface area contributed by atoms with E-state index < -0.39 is 0 Å². The Morgan fingerprint density at radius 3 is 2.57 bits per heavy atom. The summed E-state index contributed by atoms with van der Waals surface area (Å²) in [5.41, 5.74) is 0.841. The first-order chi connectivity index (χ1) is 6.68. The van der Waals surface area contributed by atoms with E-state index >= 15 is 0 Å². The zero-order chi connectivity index (χ0) is 10.1. The van der Waals surface area contributed by atoms with E-state index in [2.05, 4.69) is 21.0 Å². The number of nitrogens with zero attached hydrogens (tertiary/aromatic N) is 2. The van der Waals surface area contributed by atoms with Gasteiger partial charge in [-0.1, -0.05) is 23.2 Å². The predicted octanol–water partition coefficient (Wildman–Crippen LogP) is 3.94. The zero-order valence-electron chi connectivity index (χ0n) is 6.92. The van der Waals surface area contributed by atoms with Crippen molar-refractivity contribution < 1.29 is 0 Å². The van der Waals surface area contributed by atoms with Gasteiger partial charge in [-0.2, -0.15) is 5.10 Å². The van der Waals surface area contributed by atoms with Crippen LogP contribution in [0.15, 0.2) is 34.9 Å². The molecule has 0 aliphatic carbocycles. The number of hydrogen-bond acceptors (Lipinski definition) is 1. The third kappa shape index (κ3) is 1.80. The lowest BCUT2D eigenvalue weighted by Crippen LogP contribution is -1.95. The van der Waals surface area contributed by atoms with Crippen LogP contribution in [0.5, 0.6) is 0 Å². The molecular formula is C9H5BrCl2N2. The lowest BCUT2D eigenvalue weighted by molar-refractivity contribution is 0.881. The minimum absolute atomic E-state index is 0.559. The lowest BCUT2D eigenvalue weighted by Gasteiger charge is -2.04. The standard InChI is InChI=1S/C9H5BrCl2N2/c10-7-2-1-6(5-8(7)11)14-9(12)3-4-13-14/h1-5H. The second-order valence-corrected chi connectivity index (χ2v) is 4.31. The molecule has 72 valence electrons. The van der Waals surface area contributed by atoms with Gasteiger partial charge in [-0.05, 0) is 40.2 Å². The summed E-state index contributed by atoms with van der Waals surface area (Å²) in [6.07, 6.45) is 1.64. The molecule has 0 spiro atoms. The fourth-order valence-corrected chi connectivity index (χ4v) is 1.71. The Labute approximate surface area is 99.6 Å². The van der Waals surface area contributed by atoms with Crippen LogP contribution < -0.4 is 0 Å². The average molecular weight is 292 g/mol. The maximum atomic E-state index is 5.95. The molecule has 2 rings (SSSR count). The molecule has 0 unspecified atom stereocenters. The van der Waals surface area contributed by atoms with E-state index in [4.69, 9.17) is 23.2 Å². The van der Waals surface area contributed by atoms with Crippen molar-refractivity contribution in [3.63, 3.8) is 0 Å². The van der Waals surface area contributed by atoms with E-state index in [1.54, 1.807) is 23.0 Å². The average Bonchev–Trinajstić information content (AvgIpc) is 2.57. The summed E-state index contributed by atoms with van der Waals surface area (Å²) in [7, 11) is 0. The van der Waals surface area contributed by atoms with Crippen LogP contribution in [0, 0.1) is 0 Å². The molecule has 0 N–H and O–H groups in total. The molecule has 0 saturated heterocycles. The zero-order valence-corrected chi connectivity index (χ0v) is 10.0. The quantitative estimate of drug-likeness (QED) is 0.778. The van der Waals surface area contributed by atoms with Gasteiger partial charge in [-0.3, -0.25) is 0 Å². The minimum atomic E-state index is 0.559. The minimum Gasteiger partial charge on any atom is -0.222 e. The van der Waals surface area contributed by atoms with Gasteiger partial charge in [0.1, 0.15) is 5.15 Å². The smallest absolute Gasteiger partial charge is 0.132 e. The Morgan fingerprint density at radius 1 is 1.21 bits per heavy atom. The number of hydrogen-bond donors (Lipinski definition) is 0. The first-order valence-corrected chi connectivity index (χ1v) is 5.38. The monoisotopic (exact) mass is 290 g/mol. The summed E-state index contributed by atoms with van der Waals surface area (Å²) >= 11 is 15.2. The Kier molecular flexibility index (Phi) is 2.81. The normalized spacial score (nSPS) is 10.5. The lowest BCUT2D eigenvalue weighted by atomic mass is 10.3. The second kappa shape index (κ2) is 3.93. The molecule has 14 heavy (non-hydrogen) atoms. The van der Waals surface area contributed by atoms with Gasteiger partial charge < -0.3 is 0 Å². The fraction of sp³-hybridized carbons (Fsp3) is 0. The first-order valence-electron chi connectivity index (χ1n) is 3.83. The van der Waals surface area contributed by atoms with Gasteiger partial charge in [-0.25, -0.2) is 4.68 Å². The Bertz CT molecular complexity index is 468. The van der Waals surface area contributed by atoms with Crippen molar-refractivity contribution in [3.05, 3.63) is 45.1 Å². The molecule has 1 aromatic carbocycles. The first kappa shape index (κ1) is 10.0. The van der Waals surface area contributed by atoms with E-state index in [9.17, 15) is 0 Å². The van der Waals surface area contributed by atoms with Crippen molar-refractivity contribution in [2.75, 3.05) is 0 Å². The van der Waals surface area contributed by atoms with Gasteiger partial charge in [0, 0.05) is 4.47 Å². The van der Waals surface area contributed by atoms with Gasteiger partial charge in [0.25, 0.3) is 0 Å².